The van der Waals surface area contributed by atoms with Crippen molar-refractivity contribution < 1.29 is 23.4 Å². The second-order valence-corrected chi connectivity index (χ2v) is 10.8. The van der Waals surface area contributed by atoms with Crippen LogP contribution in [0.2, 0.25) is 0 Å². The topological polar surface area (TPSA) is 103 Å². The van der Waals surface area contributed by atoms with Gasteiger partial charge in [0.15, 0.2) is 0 Å². The summed E-state index contributed by atoms with van der Waals surface area (Å²) in [4.78, 5) is 6.32. The molecule has 34 heavy (non-hydrogen) atoms. The molecule has 0 fully saturated rings. The Balaban J connectivity index is 1.99. The number of hydrogen-bond donors (Lipinski definition) is 2. The minimum Gasteiger partial charge on any atom is -0.487 e. The Morgan fingerprint density at radius 3 is 2.74 bits per heavy atom. The number of nitrogens with zero attached hydrogens (tertiary/aromatic N) is 3. The van der Waals surface area contributed by atoms with E-state index < -0.39 is 22.2 Å². The summed E-state index contributed by atoms with van der Waals surface area (Å²) < 4.78 is 34.7. The standard InChI is InChI=1S/C25H33N3O5S/c1-18-14-28(19(2)17-29)34(31,32)25-10-9-21(8-7-20(3)30)12-23(25)33-24(18)16-27(4)15-22-6-5-11-26-13-22/h5-6,9-13,18-20,24,29-30H,14-17H2,1-4H3/t18-,19+,20-,24-/m0/s1. The fourth-order valence-electron chi connectivity index (χ4n) is 3.88. The third kappa shape index (κ3) is 6.34. The van der Waals surface area contributed by atoms with Crippen LogP contribution in [0.1, 0.15) is 31.9 Å². The number of rotatable bonds is 6. The summed E-state index contributed by atoms with van der Waals surface area (Å²) in [6.45, 7) is 6.37. The molecule has 3 rings (SSSR count). The lowest BCUT2D eigenvalue weighted by Crippen LogP contribution is -2.49. The summed E-state index contributed by atoms with van der Waals surface area (Å²) in [7, 11) is -1.92. The van der Waals surface area contributed by atoms with Gasteiger partial charge in [-0.05, 0) is 50.7 Å². The van der Waals surface area contributed by atoms with Crippen molar-refractivity contribution in [1.82, 2.24) is 14.2 Å². The molecule has 0 amide bonds. The lowest BCUT2D eigenvalue weighted by Gasteiger charge is -2.37. The minimum absolute atomic E-state index is 0.0437. The van der Waals surface area contributed by atoms with Crippen LogP contribution in [-0.2, 0) is 16.6 Å². The first-order valence-electron chi connectivity index (χ1n) is 11.3. The van der Waals surface area contributed by atoms with Crippen LogP contribution in [-0.4, -0.2) is 77.8 Å². The van der Waals surface area contributed by atoms with Gasteiger partial charge in [0, 0.05) is 49.6 Å². The summed E-state index contributed by atoms with van der Waals surface area (Å²) in [5.41, 5.74) is 1.62. The summed E-state index contributed by atoms with van der Waals surface area (Å²) in [5, 5.41) is 19.3. The quantitative estimate of drug-likeness (QED) is 0.598. The van der Waals surface area contributed by atoms with Gasteiger partial charge in [-0.3, -0.25) is 9.88 Å². The molecular weight excluding hydrogens is 454 g/mol. The molecule has 0 unspecified atom stereocenters. The highest BCUT2D eigenvalue weighted by Crippen LogP contribution is 2.34. The first-order valence-corrected chi connectivity index (χ1v) is 12.8. The van der Waals surface area contributed by atoms with Gasteiger partial charge in [0.25, 0.3) is 0 Å². The maximum atomic E-state index is 13.5. The molecule has 0 bridgehead atoms. The van der Waals surface area contributed by atoms with Gasteiger partial charge in [0.05, 0.1) is 6.61 Å². The lowest BCUT2D eigenvalue weighted by molar-refractivity contribution is 0.0733. The van der Waals surface area contributed by atoms with Gasteiger partial charge >= 0.3 is 0 Å². The number of hydrogen-bond acceptors (Lipinski definition) is 7. The molecule has 0 spiro atoms. The van der Waals surface area contributed by atoms with E-state index in [0.29, 0.717) is 18.7 Å². The van der Waals surface area contributed by atoms with Crippen LogP contribution in [0.15, 0.2) is 47.6 Å². The van der Waals surface area contributed by atoms with Crippen molar-refractivity contribution in [3.8, 4) is 17.6 Å². The summed E-state index contributed by atoms with van der Waals surface area (Å²) in [6, 6.07) is 8.01. The molecule has 2 aromatic rings. The van der Waals surface area contributed by atoms with Crippen LogP contribution < -0.4 is 4.74 Å². The normalized spacial score (nSPS) is 21.9. The van der Waals surface area contributed by atoms with Crippen molar-refractivity contribution in [2.75, 3.05) is 26.7 Å². The van der Waals surface area contributed by atoms with Gasteiger partial charge in [-0.2, -0.15) is 4.31 Å². The molecule has 1 aliphatic rings. The van der Waals surface area contributed by atoms with E-state index in [1.54, 1.807) is 32.2 Å². The molecule has 2 N–H and O–H groups in total. The highest BCUT2D eigenvalue weighted by molar-refractivity contribution is 7.89. The molecular formula is C25H33N3O5S. The third-order valence-electron chi connectivity index (χ3n) is 5.76. The zero-order chi connectivity index (χ0) is 24.9. The zero-order valence-corrected chi connectivity index (χ0v) is 20.9. The monoisotopic (exact) mass is 487 g/mol. The number of pyridine rings is 1. The van der Waals surface area contributed by atoms with Crippen LogP contribution in [0.25, 0.3) is 0 Å². The van der Waals surface area contributed by atoms with Crippen LogP contribution >= 0.6 is 0 Å². The van der Waals surface area contributed by atoms with Gasteiger partial charge in [-0.25, -0.2) is 8.42 Å². The largest absolute Gasteiger partial charge is 0.487 e. The van der Waals surface area contributed by atoms with Crippen molar-refractivity contribution in [3.63, 3.8) is 0 Å². The molecule has 184 valence electrons. The Kier molecular flexibility index (Phi) is 8.68. The molecule has 2 heterocycles. The SMILES string of the molecule is C[C@H](O)C#Cc1ccc2c(c1)O[C@@H](CN(C)Cc1cccnc1)[C@@H](C)CN([C@H](C)CO)S2(=O)=O. The Morgan fingerprint density at radius 2 is 2.09 bits per heavy atom. The number of ether oxygens (including phenoxy) is 1. The molecule has 9 heteroatoms. The molecule has 1 aliphatic heterocycles. The minimum atomic E-state index is -3.91. The van der Waals surface area contributed by atoms with Crippen LogP contribution in [0, 0.1) is 17.8 Å². The number of likely N-dealkylation sites (N-methyl/N-ethyl adjacent to an activating group) is 1. The summed E-state index contributed by atoms with van der Waals surface area (Å²) >= 11 is 0. The number of benzene rings is 1. The molecule has 1 aromatic carbocycles. The van der Waals surface area contributed by atoms with Crippen LogP contribution in [0.3, 0.4) is 0 Å². The van der Waals surface area contributed by atoms with Gasteiger partial charge < -0.3 is 14.9 Å². The number of aliphatic hydroxyl groups excluding tert-OH is 2. The zero-order valence-electron chi connectivity index (χ0n) is 20.0. The average molecular weight is 488 g/mol. The second kappa shape index (κ2) is 11.3. The number of fused-ring (bicyclic) bond motifs is 1. The predicted molar refractivity (Wildman–Crippen MR) is 130 cm³/mol. The first kappa shape index (κ1) is 26.1. The predicted octanol–water partition coefficient (Wildman–Crippen LogP) is 1.71. The van der Waals surface area contributed by atoms with Crippen molar-refractivity contribution in [3.05, 3.63) is 53.9 Å². The second-order valence-electron chi connectivity index (χ2n) is 8.90. The smallest absolute Gasteiger partial charge is 0.247 e. The first-order chi connectivity index (χ1) is 16.1. The fraction of sp³-hybridized carbons (Fsp3) is 0.480. The van der Waals surface area contributed by atoms with Crippen molar-refractivity contribution in [2.24, 2.45) is 5.92 Å². The van der Waals surface area contributed by atoms with Crippen molar-refractivity contribution >= 4 is 10.0 Å². The molecule has 1 aromatic heterocycles. The maximum absolute atomic E-state index is 13.5. The summed E-state index contributed by atoms with van der Waals surface area (Å²) in [6.07, 6.45) is 2.43. The maximum Gasteiger partial charge on any atom is 0.247 e. The Labute approximate surface area is 202 Å². The molecule has 8 nitrogen and oxygen atoms in total. The lowest BCUT2D eigenvalue weighted by atomic mass is 10.0. The highest BCUT2D eigenvalue weighted by Gasteiger charge is 2.38. The van der Waals surface area contributed by atoms with Gasteiger partial charge in [0.2, 0.25) is 10.0 Å². The third-order valence-corrected chi connectivity index (χ3v) is 7.78. The van der Waals surface area contributed by atoms with Crippen LogP contribution in [0.5, 0.6) is 5.75 Å². The molecule has 0 saturated heterocycles. The molecule has 0 saturated carbocycles. The van der Waals surface area contributed by atoms with Crippen molar-refractivity contribution in [2.45, 2.75) is 50.5 Å². The molecule has 0 radical (unpaired) electrons. The van der Waals surface area contributed by atoms with Gasteiger partial charge in [-0.15, -0.1) is 0 Å². The highest BCUT2D eigenvalue weighted by atomic mass is 32.2. The Hall–Kier alpha value is -2.48. The van der Waals surface area contributed by atoms with E-state index in [1.807, 2.05) is 32.3 Å². The van der Waals surface area contributed by atoms with Crippen LogP contribution in [0.4, 0.5) is 0 Å². The fourth-order valence-corrected chi connectivity index (χ4v) is 5.71. The van der Waals surface area contributed by atoms with E-state index in [0.717, 1.165) is 5.56 Å². The molecule has 0 aliphatic carbocycles. The Bertz CT molecular complexity index is 1130. The number of aromatic nitrogens is 1. The number of sulfonamides is 1. The average Bonchev–Trinajstić information content (AvgIpc) is 2.80. The van der Waals surface area contributed by atoms with E-state index in [1.165, 1.54) is 10.4 Å². The van der Waals surface area contributed by atoms with E-state index in [4.69, 9.17) is 4.74 Å². The van der Waals surface area contributed by atoms with E-state index in [9.17, 15) is 18.6 Å². The van der Waals surface area contributed by atoms with E-state index in [-0.39, 0.29) is 35.8 Å². The van der Waals surface area contributed by atoms with Gasteiger partial charge in [-0.1, -0.05) is 24.8 Å². The Morgan fingerprint density at radius 1 is 1.32 bits per heavy atom. The number of aliphatic hydroxyl groups is 2. The van der Waals surface area contributed by atoms with Crippen molar-refractivity contribution in [1.29, 1.82) is 0 Å². The van der Waals surface area contributed by atoms with Gasteiger partial charge in [0.1, 0.15) is 22.9 Å². The summed E-state index contributed by atoms with van der Waals surface area (Å²) in [5.74, 6) is 5.60. The molecule has 4 atom stereocenters. The van der Waals surface area contributed by atoms with E-state index >= 15 is 0 Å². The van der Waals surface area contributed by atoms with E-state index in [2.05, 4.69) is 21.7 Å².